The van der Waals surface area contributed by atoms with Crippen LogP contribution in [0.25, 0.3) is 22.0 Å². The van der Waals surface area contributed by atoms with Gasteiger partial charge in [-0.15, -0.1) is 0 Å². The van der Waals surface area contributed by atoms with Gasteiger partial charge in [-0.2, -0.15) is 0 Å². The summed E-state index contributed by atoms with van der Waals surface area (Å²) in [4.78, 5) is 4.35. The number of benzene rings is 2. The van der Waals surface area contributed by atoms with E-state index in [0.29, 0.717) is 0 Å². The van der Waals surface area contributed by atoms with Crippen LogP contribution in [0.5, 0.6) is 0 Å². The van der Waals surface area contributed by atoms with E-state index in [-0.39, 0.29) is 5.82 Å². The Morgan fingerprint density at radius 2 is 1.65 bits per heavy atom. The molecule has 1 nitrogen and oxygen atoms in total. The van der Waals surface area contributed by atoms with Crippen LogP contribution in [0.3, 0.4) is 0 Å². The Hall–Kier alpha value is -2.22. The van der Waals surface area contributed by atoms with Crippen LogP contribution in [-0.4, -0.2) is 4.98 Å². The van der Waals surface area contributed by atoms with Crippen LogP contribution in [0.4, 0.5) is 4.39 Å². The first-order chi connectivity index (χ1) is 8.33. The molecule has 0 saturated carbocycles. The van der Waals surface area contributed by atoms with Crippen LogP contribution in [0.2, 0.25) is 0 Å². The monoisotopic (exact) mass is 223 g/mol. The minimum absolute atomic E-state index is 0.238. The second-order valence-electron chi connectivity index (χ2n) is 3.93. The SMILES string of the molecule is Fc1cccc(-c2cc3ccccc3cn2)c1. The number of hydrogen-bond donors (Lipinski definition) is 0. The normalized spacial score (nSPS) is 10.6. The van der Waals surface area contributed by atoms with Crippen molar-refractivity contribution in [2.24, 2.45) is 0 Å². The Kier molecular flexibility index (Phi) is 2.33. The van der Waals surface area contributed by atoms with Gasteiger partial charge in [-0.25, -0.2) is 4.39 Å². The fourth-order valence-electron chi connectivity index (χ4n) is 1.89. The fourth-order valence-corrected chi connectivity index (χ4v) is 1.89. The third-order valence-corrected chi connectivity index (χ3v) is 2.75. The summed E-state index contributed by atoms with van der Waals surface area (Å²) in [6.45, 7) is 0. The Labute approximate surface area is 98.6 Å². The number of halogens is 1. The first kappa shape index (κ1) is 9.97. The molecule has 0 N–H and O–H groups in total. The summed E-state index contributed by atoms with van der Waals surface area (Å²) in [6.07, 6.45) is 1.82. The van der Waals surface area contributed by atoms with Crippen LogP contribution < -0.4 is 0 Å². The predicted octanol–water partition coefficient (Wildman–Crippen LogP) is 4.04. The van der Waals surface area contributed by atoms with E-state index in [1.54, 1.807) is 6.07 Å². The predicted molar refractivity (Wildman–Crippen MR) is 67.1 cm³/mol. The smallest absolute Gasteiger partial charge is 0.123 e. The van der Waals surface area contributed by atoms with Gasteiger partial charge >= 0.3 is 0 Å². The molecule has 0 radical (unpaired) electrons. The van der Waals surface area contributed by atoms with Gasteiger partial charge in [-0.1, -0.05) is 36.4 Å². The number of aromatic nitrogens is 1. The molecular weight excluding hydrogens is 213 g/mol. The summed E-state index contributed by atoms with van der Waals surface area (Å²) in [5.41, 5.74) is 1.60. The molecule has 82 valence electrons. The van der Waals surface area contributed by atoms with E-state index in [2.05, 4.69) is 4.98 Å². The van der Waals surface area contributed by atoms with E-state index in [0.717, 1.165) is 22.0 Å². The average Bonchev–Trinajstić information content (AvgIpc) is 2.38. The number of fused-ring (bicyclic) bond motifs is 1. The van der Waals surface area contributed by atoms with Gasteiger partial charge < -0.3 is 0 Å². The molecule has 1 aromatic heterocycles. The van der Waals surface area contributed by atoms with Crippen molar-refractivity contribution in [2.45, 2.75) is 0 Å². The van der Waals surface area contributed by atoms with Crippen molar-refractivity contribution in [1.29, 1.82) is 0 Å². The van der Waals surface area contributed by atoms with Crippen molar-refractivity contribution < 1.29 is 4.39 Å². The molecule has 3 aromatic rings. The highest BCUT2D eigenvalue weighted by molar-refractivity contribution is 5.85. The minimum atomic E-state index is -0.238. The lowest BCUT2D eigenvalue weighted by molar-refractivity contribution is 0.628. The van der Waals surface area contributed by atoms with Gasteiger partial charge in [0, 0.05) is 17.1 Å². The van der Waals surface area contributed by atoms with E-state index in [1.165, 1.54) is 12.1 Å². The lowest BCUT2D eigenvalue weighted by atomic mass is 10.1. The molecule has 0 aliphatic carbocycles. The molecule has 0 bridgehead atoms. The van der Waals surface area contributed by atoms with Gasteiger partial charge in [0.15, 0.2) is 0 Å². The van der Waals surface area contributed by atoms with E-state index >= 15 is 0 Å². The van der Waals surface area contributed by atoms with Crippen LogP contribution in [0.1, 0.15) is 0 Å². The maximum atomic E-state index is 13.1. The third kappa shape index (κ3) is 1.89. The zero-order valence-corrected chi connectivity index (χ0v) is 9.10. The molecule has 0 aliphatic rings. The van der Waals surface area contributed by atoms with Crippen LogP contribution in [0.15, 0.2) is 60.8 Å². The van der Waals surface area contributed by atoms with Gasteiger partial charge in [-0.05, 0) is 23.6 Å². The minimum Gasteiger partial charge on any atom is -0.256 e. The number of pyridine rings is 1. The summed E-state index contributed by atoms with van der Waals surface area (Å²) in [6, 6.07) is 16.5. The quantitative estimate of drug-likeness (QED) is 0.606. The summed E-state index contributed by atoms with van der Waals surface area (Å²) in [7, 11) is 0. The number of rotatable bonds is 1. The number of hydrogen-bond acceptors (Lipinski definition) is 1. The standard InChI is InChI=1S/C15H10FN/c16-14-7-3-6-12(8-14)15-9-11-4-1-2-5-13(11)10-17-15/h1-10H. The van der Waals surface area contributed by atoms with E-state index in [9.17, 15) is 4.39 Å². The van der Waals surface area contributed by atoms with Crippen LogP contribution >= 0.6 is 0 Å². The zero-order valence-electron chi connectivity index (χ0n) is 9.10. The van der Waals surface area contributed by atoms with Crippen LogP contribution in [0, 0.1) is 5.82 Å². The molecule has 0 aliphatic heterocycles. The van der Waals surface area contributed by atoms with Crippen molar-refractivity contribution in [3.63, 3.8) is 0 Å². The van der Waals surface area contributed by atoms with Gasteiger partial charge in [0.1, 0.15) is 5.82 Å². The molecule has 0 atom stereocenters. The second kappa shape index (κ2) is 3.98. The molecule has 2 aromatic carbocycles. The van der Waals surface area contributed by atoms with Crippen LogP contribution in [-0.2, 0) is 0 Å². The van der Waals surface area contributed by atoms with Gasteiger partial charge in [-0.3, -0.25) is 4.98 Å². The average molecular weight is 223 g/mol. The van der Waals surface area contributed by atoms with Crippen molar-refractivity contribution in [1.82, 2.24) is 4.98 Å². The molecule has 0 spiro atoms. The zero-order chi connectivity index (χ0) is 11.7. The Bertz CT molecular complexity index is 676. The molecular formula is C15H10FN. The van der Waals surface area contributed by atoms with Crippen molar-refractivity contribution in [2.75, 3.05) is 0 Å². The first-order valence-corrected chi connectivity index (χ1v) is 5.44. The highest BCUT2D eigenvalue weighted by atomic mass is 19.1. The lowest BCUT2D eigenvalue weighted by Crippen LogP contribution is -1.85. The highest BCUT2D eigenvalue weighted by Crippen LogP contribution is 2.22. The summed E-state index contributed by atoms with van der Waals surface area (Å²) < 4.78 is 13.1. The van der Waals surface area contributed by atoms with Crippen molar-refractivity contribution in [3.05, 3.63) is 66.6 Å². The molecule has 0 fully saturated rings. The van der Waals surface area contributed by atoms with Gasteiger partial charge in [0.05, 0.1) is 5.69 Å². The van der Waals surface area contributed by atoms with Gasteiger partial charge in [0.2, 0.25) is 0 Å². The Morgan fingerprint density at radius 1 is 0.824 bits per heavy atom. The van der Waals surface area contributed by atoms with Crippen molar-refractivity contribution >= 4 is 10.8 Å². The Balaban J connectivity index is 2.18. The summed E-state index contributed by atoms with van der Waals surface area (Å²) in [5, 5.41) is 2.20. The Morgan fingerprint density at radius 3 is 2.47 bits per heavy atom. The topological polar surface area (TPSA) is 12.9 Å². The summed E-state index contributed by atoms with van der Waals surface area (Å²) in [5.74, 6) is -0.238. The molecule has 17 heavy (non-hydrogen) atoms. The molecule has 2 heteroatoms. The van der Waals surface area contributed by atoms with Crippen molar-refractivity contribution in [3.8, 4) is 11.3 Å². The fraction of sp³-hybridized carbons (Fsp3) is 0. The van der Waals surface area contributed by atoms with E-state index in [4.69, 9.17) is 0 Å². The molecule has 1 heterocycles. The maximum absolute atomic E-state index is 13.1. The van der Waals surface area contributed by atoms with E-state index in [1.807, 2.05) is 42.6 Å². The maximum Gasteiger partial charge on any atom is 0.123 e. The second-order valence-corrected chi connectivity index (χ2v) is 3.93. The largest absolute Gasteiger partial charge is 0.256 e. The molecule has 0 unspecified atom stereocenters. The molecule has 3 rings (SSSR count). The lowest BCUT2D eigenvalue weighted by Gasteiger charge is -2.03. The third-order valence-electron chi connectivity index (χ3n) is 2.75. The summed E-state index contributed by atoms with van der Waals surface area (Å²) >= 11 is 0. The van der Waals surface area contributed by atoms with E-state index < -0.39 is 0 Å². The highest BCUT2D eigenvalue weighted by Gasteiger charge is 2.01. The number of nitrogens with zero attached hydrogens (tertiary/aromatic N) is 1. The first-order valence-electron chi connectivity index (χ1n) is 5.44. The molecule has 0 saturated heterocycles. The van der Waals surface area contributed by atoms with Gasteiger partial charge in [0.25, 0.3) is 0 Å². The molecule has 0 amide bonds.